The number of hydrogen-bond donors (Lipinski definition) is 2. The molecule has 3 N–H and O–H groups in total. The monoisotopic (exact) mass is 98.1 g/mol. The van der Waals surface area contributed by atoms with Crippen LogP contribution in [0.5, 0.6) is 0 Å². The minimum atomic E-state index is 0.477. The Bertz CT molecular complexity index is 66.5. The fourth-order valence-corrected chi connectivity index (χ4v) is 0.204. The average Bonchev–Trinajstić information content (AvgIpc) is 1.69. The van der Waals surface area contributed by atoms with Gasteiger partial charge in [-0.2, -0.15) is 0 Å². The molecule has 0 radical (unpaired) electrons. The Kier molecular flexibility index (Phi) is 4.67. The van der Waals surface area contributed by atoms with Crippen molar-refractivity contribution in [1.82, 2.24) is 5.32 Å². The average molecular weight is 98.1 g/mol. The lowest BCUT2D eigenvalue weighted by atomic mass is 10.6. The second-order valence-corrected chi connectivity index (χ2v) is 1.00. The van der Waals surface area contributed by atoms with E-state index in [-0.39, 0.29) is 0 Å². The summed E-state index contributed by atoms with van der Waals surface area (Å²) in [6, 6.07) is 0. The van der Waals surface area contributed by atoms with Gasteiger partial charge in [0.2, 0.25) is 0 Å². The number of hydrogen-bond acceptors (Lipinski definition) is 2. The summed E-state index contributed by atoms with van der Waals surface area (Å²) in [7, 11) is 0. The summed E-state index contributed by atoms with van der Waals surface area (Å²) in [5, 5.41) is 2.78. The van der Waals surface area contributed by atoms with Gasteiger partial charge in [-0.1, -0.05) is 12.7 Å². The summed E-state index contributed by atoms with van der Waals surface area (Å²) in [6.07, 6.45) is 5.21. The lowest BCUT2D eigenvalue weighted by Crippen LogP contribution is -2.15. The molecule has 0 aliphatic heterocycles. The van der Waals surface area contributed by atoms with Crippen molar-refractivity contribution in [3.05, 3.63) is 24.9 Å². The highest BCUT2D eigenvalue weighted by molar-refractivity contribution is 4.95. The maximum atomic E-state index is 5.07. The minimum Gasteiger partial charge on any atom is -0.379 e. The largest absolute Gasteiger partial charge is 0.379 e. The van der Waals surface area contributed by atoms with E-state index in [1.165, 1.54) is 0 Å². The maximum absolute atomic E-state index is 5.07. The van der Waals surface area contributed by atoms with Crippen LogP contribution in [0.15, 0.2) is 24.9 Å². The third-order valence-electron chi connectivity index (χ3n) is 0.468. The third kappa shape index (κ3) is 5.24. The number of nitrogens with two attached hydrogens (primary N) is 1. The van der Waals surface area contributed by atoms with Gasteiger partial charge >= 0.3 is 0 Å². The SMILES string of the molecule is C=C/C=C\NCN. The Balaban J connectivity index is 2.92. The molecule has 0 aromatic rings. The molecule has 0 aromatic carbocycles. The summed E-state index contributed by atoms with van der Waals surface area (Å²) in [6.45, 7) is 3.94. The molecule has 0 saturated carbocycles. The summed E-state index contributed by atoms with van der Waals surface area (Å²) >= 11 is 0. The van der Waals surface area contributed by atoms with E-state index >= 15 is 0 Å². The first-order valence-electron chi connectivity index (χ1n) is 2.13. The van der Waals surface area contributed by atoms with Crippen LogP contribution in [0.1, 0.15) is 0 Å². The standard InChI is InChI=1S/C5H10N2/c1-2-3-4-7-5-6/h2-4,7H,1,5-6H2/b4-3-. The van der Waals surface area contributed by atoms with E-state index in [4.69, 9.17) is 5.73 Å². The van der Waals surface area contributed by atoms with Crippen LogP contribution in [0.25, 0.3) is 0 Å². The van der Waals surface area contributed by atoms with Crippen molar-refractivity contribution >= 4 is 0 Å². The molecule has 7 heavy (non-hydrogen) atoms. The number of nitrogens with one attached hydrogen (secondary N) is 1. The third-order valence-corrected chi connectivity index (χ3v) is 0.468. The second kappa shape index (κ2) is 5.24. The molecule has 0 bridgehead atoms. The van der Waals surface area contributed by atoms with Gasteiger partial charge in [0.25, 0.3) is 0 Å². The highest BCUT2D eigenvalue weighted by Gasteiger charge is 1.59. The molecule has 0 fully saturated rings. The zero-order valence-corrected chi connectivity index (χ0v) is 4.22. The van der Waals surface area contributed by atoms with Crippen LogP contribution in [-0.2, 0) is 0 Å². The van der Waals surface area contributed by atoms with Crippen LogP contribution in [0, 0.1) is 0 Å². The summed E-state index contributed by atoms with van der Waals surface area (Å²) in [4.78, 5) is 0. The molecule has 0 spiro atoms. The molecule has 0 saturated heterocycles. The van der Waals surface area contributed by atoms with Crippen LogP contribution in [0.2, 0.25) is 0 Å². The van der Waals surface area contributed by atoms with Gasteiger partial charge < -0.3 is 11.1 Å². The van der Waals surface area contributed by atoms with Crippen LogP contribution in [-0.4, -0.2) is 6.67 Å². The van der Waals surface area contributed by atoms with Gasteiger partial charge in [0.05, 0.1) is 6.67 Å². The molecule has 0 heterocycles. The minimum absolute atomic E-state index is 0.477. The van der Waals surface area contributed by atoms with Crippen LogP contribution >= 0.6 is 0 Å². The molecule has 0 amide bonds. The van der Waals surface area contributed by atoms with Crippen molar-refractivity contribution in [2.45, 2.75) is 0 Å². The number of allylic oxidation sites excluding steroid dienone is 2. The van der Waals surface area contributed by atoms with E-state index in [9.17, 15) is 0 Å². The molecule has 40 valence electrons. The highest BCUT2D eigenvalue weighted by atomic mass is 14.9. The van der Waals surface area contributed by atoms with E-state index < -0.39 is 0 Å². The van der Waals surface area contributed by atoms with Crippen molar-refractivity contribution in [3.63, 3.8) is 0 Å². The zero-order valence-electron chi connectivity index (χ0n) is 4.22. The van der Waals surface area contributed by atoms with Crippen LogP contribution < -0.4 is 11.1 Å². The normalized spacial score (nSPS) is 9.29. The van der Waals surface area contributed by atoms with Gasteiger partial charge in [-0.15, -0.1) is 0 Å². The van der Waals surface area contributed by atoms with Gasteiger partial charge in [0.15, 0.2) is 0 Å². The van der Waals surface area contributed by atoms with E-state index in [2.05, 4.69) is 11.9 Å². The first-order valence-corrected chi connectivity index (χ1v) is 2.13. The van der Waals surface area contributed by atoms with Crippen LogP contribution in [0.4, 0.5) is 0 Å². The molecule has 0 aromatic heterocycles. The molecule has 0 aliphatic carbocycles. The summed E-state index contributed by atoms with van der Waals surface area (Å²) in [5.74, 6) is 0. The molecule has 0 unspecified atom stereocenters. The molecular weight excluding hydrogens is 88.1 g/mol. The van der Waals surface area contributed by atoms with E-state index in [0.717, 1.165) is 0 Å². The fraction of sp³-hybridized carbons (Fsp3) is 0.200. The van der Waals surface area contributed by atoms with Crippen molar-refractivity contribution < 1.29 is 0 Å². The van der Waals surface area contributed by atoms with E-state index in [1.54, 1.807) is 18.4 Å². The van der Waals surface area contributed by atoms with Crippen LogP contribution in [0.3, 0.4) is 0 Å². The van der Waals surface area contributed by atoms with E-state index in [1.807, 2.05) is 0 Å². The zero-order chi connectivity index (χ0) is 5.54. The summed E-state index contributed by atoms with van der Waals surface area (Å²) < 4.78 is 0. The first kappa shape index (κ1) is 6.24. The molecule has 2 heteroatoms. The Morgan fingerprint density at radius 1 is 1.71 bits per heavy atom. The fourth-order valence-electron chi connectivity index (χ4n) is 0.204. The highest BCUT2D eigenvalue weighted by Crippen LogP contribution is 1.63. The smallest absolute Gasteiger partial charge is 0.0622 e. The quantitative estimate of drug-likeness (QED) is 0.390. The Hall–Kier alpha value is -0.760. The molecule has 0 rings (SSSR count). The van der Waals surface area contributed by atoms with Crippen molar-refractivity contribution in [3.8, 4) is 0 Å². The van der Waals surface area contributed by atoms with Gasteiger partial charge in [-0.3, -0.25) is 0 Å². The topological polar surface area (TPSA) is 38.0 Å². The predicted octanol–water partition coefficient (Wildman–Crippen LogP) is 0.192. The molecule has 0 atom stereocenters. The van der Waals surface area contributed by atoms with Gasteiger partial charge in [-0.25, -0.2) is 0 Å². The lowest BCUT2D eigenvalue weighted by molar-refractivity contribution is 0.884. The van der Waals surface area contributed by atoms with Crippen molar-refractivity contribution in [2.75, 3.05) is 6.67 Å². The van der Waals surface area contributed by atoms with Crippen molar-refractivity contribution in [2.24, 2.45) is 5.73 Å². The maximum Gasteiger partial charge on any atom is 0.0622 e. The van der Waals surface area contributed by atoms with E-state index in [0.29, 0.717) is 6.67 Å². The molecule has 2 nitrogen and oxygen atoms in total. The predicted molar refractivity (Wildman–Crippen MR) is 31.5 cm³/mol. The molecular formula is C5H10N2. The lowest BCUT2D eigenvalue weighted by Gasteiger charge is -1.86. The Morgan fingerprint density at radius 3 is 2.86 bits per heavy atom. The second-order valence-electron chi connectivity index (χ2n) is 1.00. The Labute approximate surface area is 43.7 Å². The van der Waals surface area contributed by atoms with Crippen molar-refractivity contribution in [1.29, 1.82) is 0 Å². The van der Waals surface area contributed by atoms with Gasteiger partial charge in [0.1, 0.15) is 0 Å². The molecule has 0 aliphatic rings. The summed E-state index contributed by atoms with van der Waals surface area (Å²) in [5.41, 5.74) is 5.07. The van der Waals surface area contributed by atoms with Gasteiger partial charge in [-0.05, 0) is 12.3 Å². The van der Waals surface area contributed by atoms with Gasteiger partial charge in [0, 0.05) is 0 Å². The Morgan fingerprint density at radius 2 is 2.43 bits per heavy atom. The first-order chi connectivity index (χ1) is 3.41. The number of rotatable bonds is 3.